The maximum Gasteiger partial charge on any atom is 0.246 e. The summed E-state index contributed by atoms with van der Waals surface area (Å²) < 4.78 is 5.44. The Labute approximate surface area is 212 Å². The number of aliphatic hydroxyl groups excluding tert-OH is 1. The number of oxazole rings is 1. The van der Waals surface area contributed by atoms with Crippen LogP contribution in [0.25, 0.3) is 11.3 Å². The number of aryl methyl sites for hydroxylation is 1. The Kier molecular flexibility index (Phi) is 8.23. The lowest BCUT2D eigenvalue weighted by Gasteiger charge is -2.36. The Morgan fingerprint density at radius 2 is 1.75 bits per heavy atom. The van der Waals surface area contributed by atoms with Gasteiger partial charge >= 0.3 is 0 Å². The molecule has 196 valence electrons. The molecule has 1 aliphatic heterocycles. The van der Waals surface area contributed by atoms with Gasteiger partial charge in [-0.3, -0.25) is 14.4 Å². The van der Waals surface area contributed by atoms with Gasteiger partial charge in [-0.25, -0.2) is 4.98 Å². The van der Waals surface area contributed by atoms with Gasteiger partial charge in [-0.1, -0.05) is 58.9 Å². The number of hydrogen-bond acceptors (Lipinski definition) is 6. The number of aliphatic hydroxyl groups is 1. The highest BCUT2D eigenvalue weighted by Crippen LogP contribution is 2.28. The number of aromatic nitrogens is 1. The van der Waals surface area contributed by atoms with Gasteiger partial charge in [-0.05, 0) is 24.8 Å². The Balaban J connectivity index is 1.73. The first-order valence-electron chi connectivity index (χ1n) is 12.4. The van der Waals surface area contributed by atoms with Crippen molar-refractivity contribution in [3.05, 3.63) is 41.9 Å². The summed E-state index contributed by atoms with van der Waals surface area (Å²) in [5, 5.41) is 16.2. The molecule has 1 saturated heterocycles. The summed E-state index contributed by atoms with van der Waals surface area (Å²) in [6.45, 7) is 12.9. The highest BCUT2D eigenvalue weighted by molar-refractivity contribution is 5.93. The van der Waals surface area contributed by atoms with Crippen molar-refractivity contribution in [2.75, 3.05) is 6.54 Å². The molecule has 3 amide bonds. The molecule has 2 heterocycles. The van der Waals surface area contributed by atoms with E-state index in [0.29, 0.717) is 5.76 Å². The summed E-state index contributed by atoms with van der Waals surface area (Å²) in [7, 11) is 0. The number of rotatable bonds is 7. The Bertz CT molecular complexity index is 1090. The van der Waals surface area contributed by atoms with Crippen molar-refractivity contribution < 1.29 is 23.9 Å². The van der Waals surface area contributed by atoms with Gasteiger partial charge in [-0.15, -0.1) is 0 Å². The van der Waals surface area contributed by atoms with E-state index < -0.39 is 23.6 Å². The third-order valence-electron chi connectivity index (χ3n) is 6.57. The van der Waals surface area contributed by atoms with Crippen molar-refractivity contribution in [3.63, 3.8) is 0 Å². The van der Waals surface area contributed by atoms with Gasteiger partial charge in [0.2, 0.25) is 17.7 Å². The molecular weight excluding hydrogens is 460 g/mol. The fourth-order valence-corrected chi connectivity index (χ4v) is 4.32. The molecule has 1 aliphatic rings. The van der Waals surface area contributed by atoms with Crippen LogP contribution in [-0.2, 0) is 14.4 Å². The number of hydrogen-bond donors (Lipinski definition) is 3. The van der Waals surface area contributed by atoms with E-state index in [-0.39, 0.29) is 42.6 Å². The monoisotopic (exact) mass is 498 g/mol. The molecule has 2 aromatic rings. The molecule has 1 aromatic carbocycles. The Morgan fingerprint density at radius 1 is 1.11 bits per heavy atom. The van der Waals surface area contributed by atoms with E-state index in [0.717, 1.165) is 16.8 Å². The predicted molar refractivity (Wildman–Crippen MR) is 136 cm³/mol. The summed E-state index contributed by atoms with van der Waals surface area (Å²) in [4.78, 5) is 44.7. The summed E-state index contributed by atoms with van der Waals surface area (Å²) in [5.41, 5.74) is 2.00. The fourth-order valence-electron chi connectivity index (χ4n) is 4.32. The van der Waals surface area contributed by atoms with Gasteiger partial charge in [0, 0.05) is 24.4 Å². The van der Waals surface area contributed by atoms with E-state index in [1.54, 1.807) is 13.8 Å². The first-order chi connectivity index (χ1) is 16.8. The normalized spacial score (nSPS) is 19.8. The lowest BCUT2D eigenvalue weighted by atomic mass is 9.85. The van der Waals surface area contributed by atoms with Crippen molar-refractivity contribution in [3.8, 4) is 11.3 Å². The molecule has 0 saturated carbocycles. The largest absolute Gasteiger partial charge is 0.443 e. The highest BCUT2D eigenvalue weighted by Gasteiger charge is 2.44. The fraction of sp³-hybridized carbons (Fsp3) is 0.556. The number of nitrogens with one attached hydrogen (secondary N) is 2. The van der Waals surface area contributed by atoms with Crippen LogP contribution in [0.2, 0.25) is 0 Å². The molecule has 1 aromatic heterocycles. The minimum atomic E-state index is -0.827. The molecule has 0 bridgehead atoms. The molecule has 3 rings (SSSR count). The molecule has 0 aliphatic carbocycles. The number of carbonyl (C=O) groups excluding carboxylic acids is 3. The lowest BCUT2D eigenvalue weighted by Crippen LogP contribution is -2.58. The lowest BCUT2D eigenvalue weighted by molar-refractivity contribution is -0.144. The van der Waals surface area contributed by atoms with Crippen molar-refractivity contribution in [1.82, 2.24) is 20.5 Å². The van der Waals surface area contributed by atoms with E-state index in [1.165, 1.54) is 11.3 Å². The number of benzene rings is 1. The molecule has 0 unspecified atom stereocenters. The molecule has 9 heteroatoms. The van der Waals surface area contributed by atoms with E-state index in [1.807, 2.05) is 58.9 Å². The van der Waals surface area contributed by atoms with Gasteiger partial charge in [0.25, 0.3) is 0 Å². The molecule has 4 atom stereocenters. The van der Waals surface area contributed by atoms with Crippen LogP contribution in [0.4, 0.5) is 0 Å². The number of amides is 3. The second-order valence-electron chi connectivity index (χ2n) is 11.0. The number of β-amino-alcohol motifs (C(OH)–C–C–N with tert-alkyl or cyclic N) is 1. The van der Waals surface area contributed by atoms with Gasteiger partial charge in [0.1, 0.15) is 12.1 Å². The average molecular weight is 499 g/mol. The topological polar surface area (TPSA) is 125 Å². The van der Waals surface area contributed by atoms with Crippen LogP contribution < -0.4 is 10.6 Å². The van der Waals surface area contributed by atoms with Gasteiger partial charge < -0.3 is 25.1 Å². The maximum absolute atomic E-state index is 13.6. The average Bonchev–Trinajstić information content (AvgIpc) is 3.41. The van der Waals surface area contributed by atoms with Crippen LogP contribution in [0.1, 0.15) is 65.3 Å². The number of nitrogens with zero attached hydrogens (tertiary/aromatic N) is 2. The van der Waals surface area contributed by atoms with E-state index >= 15 is 0 Å². The van der Waals surface area contributed by atoms with Gasteiger partial charge in [-0.2, -0.15) is 0 Å². The quantitative estimate of drug-likeness (QED) is 0.539. The zero-order chi connectivity index (χ0) is 26.8. The molecule has 0 spiro atoms. The van der Waals surface area contributed by atoms with E-state index in [9.17, 15) is 19.5 Å². The minimum absolute atomic E-state index is 0.0423. The molecular formula is C27H38N4O5. The third kappa shape index (κ3) is 6.13. The minimum Gasteiger partial charge on any atom is -0.443 e. The van der Waals surface area contributed by atoms with E-state index in [2.05, 4.69) is 15.6 Å². The van der Waals surface area contributed by atoms with Crippen molar-refractivity contribution in [2.45, 2.75) is 79.1 Å². The zero-order valence-corrected chi connectivity index (χ0v) is 22.2. The second kappa shape index (κ2) is 10.8. The molecule has 36 heavy (non-hydrogen) atoms. The summed E-state index contributed by atoms with van der Waals surface area (Å²) in [6.07, 6.45) is 0.734. The molecule has 0 radical (unpaired) electrons. The summed E-state index contributed by atoms with van der Waals surface area (Å²) >= 11 is 0. The van der Waals surface area contributed by atoms with Crippen LogP contribution in [0.3, 0.4) is 0 Å². The predicted octanol–water partition coefficient (Wildman–Crippen LogP) is 2.98. The highest BCUT2D eigenvalue weighted by atomic mass is 16.3. The van der Waals surface area contributed by atoms with Crippen LogP contribution in [0.15, 0.2) is 35.1 Å². The van der Waals surface area contributed by atoms with Gasteiger partial charge in [0.15, 0.2) is 12.2 Å². The third-order valence-corrected chi connectivity index (χ3v) is 6.57. The SMILES string of the molecule is Cc1ncoc1-c1ccc([C@H](C)NC(=O)[C@@H]2C[C@@H](O)CN2C(=O)[C@@H](NC(=O)C(C)C)C(C)(C)C)cc1. The summed E-state index contributed by atoms with van der Waals surface area (Å²) in [5.74, 6) is -0.531. The first-order valence-corrected chi connectivity index (χ1v) is 12.4. The summed E-state index contributed by atoms with van der Waals surface area (Å²) in [6, 6.07) is 5.66. The Hall–Kier alpha value is -3.20. The molecule has 9 nitrogen and oxygen atoms in total. The van der Waals surface area contributed by atoms with Crippen molar-refractivity contribution in [2.24, 2.45) is 11.3 Å². The zero-order valence-electron chi connectivity index (χ0n) is 22.2. The first kappa shape index (κ1) is 27.4. The van der Waals surface area contributed by atoms with Crippen LogP contribution in [0.5, 0.6) is 0 Å². The maximum atomic E-state index is 13.6. The molecule has 3 N–H and O–H groups in total. The van der Waals surface area contributed by atoms with Crippen LogP contribution in [-0.4, -0.2) is 57.4 Å². The number of likely N-dealkylation sites (tertiary alicyclic amines) is 1. The van der Waals surface area contributed by atoms with Gasteiger partial charge in [0.05, 0.1) is 17.8 Å². The van der Waals surface area contributed by atoms with E-state index in [4.69, 9.17) is 4.42 Å². The van der Waals surface area contributed by atoms with Crippen LogP contribution >= 0.6 is 0 Å². The Morgan fingerprint density at radius 3 is 2.28 bits per heavy atom. The van der Waals surface area contributed by atoms with Crippen LogP contribution in [0, 0.1) is 18.3 Å². The standard InChI is InChI=1S/C27H38N4O5/c1-15(2)24(33)30-23(27(5,6)7)26(35)31-13-20(32)12-21(31)25(34)29-16(3)18-8-10-19(11-9-18)22-17(4)28-14-36-22/h8-11,14-16,20-21,23,32H,12-13H2,1-7H3,(H,29,34)(H,30,33)/t16-,20+,21-,23+/m0/s1. The van der Waals surface area contributed by atoms with Crippen molar-refractivity contribution >= 4 is 17.7 Å². The number of carbonyl (C=O) groups is 3. The van der Waals surface area contributed by atoms with Crippen molar-refractivity contribution in [1.29, 1.82) is 0 Å². The smallest absolute Gasteiger partial charge is 0.246 e. The second-order valence-corrected chi connectivity index (χ2v) is 11.0. The molecule has 1 fully saturated rings.